The Bertz CT molecular complexity index is 440. The van der Waals surface area contributed by atoms with Crippen LogP contribution in [0.25, 0.3) is 0 Å². The van der Waals surface area contributed by atoms with Crippen molar-refractivity contribution in [2.45, 2.75) is 6.54 Å². The van der Waals surface area contributed by atoms with E-state index in [0.717, 1.165) is 11.4 Å². The molecule has 0 spiro atoms. The largest absolute Gasteiger partial charge is 0.379 e. The van der Waals surface area contributed by atoms with Crippen LogP contribution in [0, 0.1) is 0 Å². The van der Waals surface area contributed by atoms with E-state index in [1.165, 1.54) is 0 Å². The maximum atomic E-state index is 5.68. The molecule has 0 saturated heterocycles. The van der Waals surface area contributed by atoms with Crippen molar-refractivity contribution >= 4 is 32.3 Å². The van der Waals surface area contributed by atoms with Gasteiger partial charge < -0.3 is 10.3 Å². The first-order chi connectivity index (χ1) is 7.25. The number of H-pyrrole nitrogens is 1. The van der Waals surface area contributed by atoms with Crippen LogP contribution in [0.1, 0.15) is 5.69 Å². The van der Waals surface area contributed by atoms with Gasteiger partial charge in [0.25, 0.3) is 0 Å². The van der Waals surface area contributed by atoms with Crippen LogP contribution in [0.3, 0.4) is 0 Å². The molecule has 1 aromatic heterocycles. The number of anilines is 1. The molecule has 1 heterocycles. The van der Waals surface area contributed by atoms with Crippen molar-refractivity contribution in [3.8, 4) is 0 Å². The van der Waals surface area contributed by atoms with Crippen LogP contribution in [0.15, 0.2) is 30.7 Å². The van der Waals surface area contributed by atoms with E-state index < -0.39 is 0 Å². The lowest BCUT2D eigenvalue weighted by molar-refractivity contribution is 1.07. The molecular weight excluding hydrogens is 184 g/mol. The van der Waals surface area contributed by atoms with Crippen LogP contribution < -0.4 is 16.2 Å². The SMILES string of the molecule is [B]c1ccc(NCc2cnc[nH]2)cc1[B]. The number of rotatable bonds is 3. The van der Waals surface area contributed by atoms with Gasteiger partial charge in [-0.2, -0.15) is 0 Å². The quantitative estimate of drug-likeness (QED) is 0.651. The monoisotopic (exact) mass is 193 g/mol. The minimum atomic E-state index is 0.588. The molecule has 0 aliphatic heterocycles. The van der Waals surface area contributed by atoms with E-state index in [4.69, 9.17) is 15.7 Å². The van der Waals surface area contributed by atoms with Gasteiger partial charge in [0.1, 0.15) is 15.7 Å². The highest BCUT2D eigenvalue weighted by Crippen LogP contribution is 2.04. The van der Waals surface area contributed by atoms with Gasteiger partial charge in [-0.1, -0.05) is 6.07 Å². The molecule has 0 atom stereocenters. The molecule has 0 aliphatic rings. The maximum Gasteiger partial charge on any atom is 0.113 e. The summed E-state index contributed by atoms with van der Waals surface area (Å²) in [6.07, 6.45) is 3.42. The molecule has 2 N–H and O–H groups in total. The van der Waals surface area contributed by atoms with E-state index in [0.29, 0.717) is 17.5 Å². The Morgan fingerprint density at radius 2 is 2.13 bits per heavy atom. The third-order valence-electron chi connectivity index (χ3n) is 2.12. The second-order valence-corrected chi connectivity index (χ2v) is 3.27. The summed E-state index contributed by atoms with van der Waals surface area (Å²) in [5.74, 6) is 0. The number of imidazole rings is 1. The Kier molecular flexibility index (Phi) is 2.81. The fourth-order valence-corrected chi connectivity index (χ4v) is 1.26. The van der Waals surface area contributed by atoms with Crippen LogP contribution in [0.4, 0.5) is 5.69 Å². The molecule has 0 fully saturated rings. The van der Waals surface area contributed by atoms with Gasteiger partial charge in [-0.15, -0.1) is 10.9 Å². The van der Waals surface area contributed by atoms with Gasteiger partial charge in [-0.3, -0.25) is 0 Å². The average Bonchev–Trinajstić information content (AvgIpc) is 2.73. The number of aromatic amines is 1. The highest BCUT2D eigenvalue weighted by Gasteiger charge is 1.96. The van der Waals surface area contributed by atoms with Gasteiger partial charge in [0.2, 0.25) is 0 Å². The molecule has 0 unspecified atom stereocenters. The zero-order chi connectivity index (χ0) is 10.7. The number of benzene rings is 1. The van der Waals surface area contributed by atoms with Crippen LogP contribution >= 0.6 is 0 Å². The minimum absolute atomic E-state index is 0.588. The van der Waals surface area contributed by atoms with Crippen molar-refractivity contribution in [1.29, 1.82) is 0 Å². The molecule has 0 aliphatic carbocycles. The van der Waals surface area contributed by atoms with Gasteiger partial charge in [-0.25, -0.2) is 4.98 Å². The molecule has 0 amide bonds. The lowest BCUT2D eigenvalue weighted by Gasteiger charge is -2.07. The topological polar surface area (TPSA) is 40.7 Å². The van der Waals surface area contributed by atoms with Gasteiger partial charge in [0.05, 0.1) is 18.6 Å². The summed E-state index contributed by atoms with van der Waals surface area (Å²) in [5, 5.41) is 3.21. The van der Waals surface area contributed by atoms with Crippen molar-refractivity contribution in [1.82, 2.24) is 9.97 Å². The first-order valence-corrected chi connectivity index (χ1v) is 4.62. The van der Waals surface area contributed by atoms with Crippen LogP contribution in [-0.4, -0.2) is 25.7 Å². The van der Waals surface area contributed by atoms with Crippen molar-refractivity contribution in [3.05, 3.63) is 36.4 Å². The molecule has 2 aromatic rings. The smallest absolute Gasteiger partial charge is 0.113 e. The lowest BCUT2D eigenvalue weighted by atomic mass is 9.80. The normalized spacial score (nSPS) is 10.1. The number of nitrogens with zero attached hydrogens (tertiary/aromatic N) is 1. The molecule has 0 saturated carbocycles. The van der Waals surface area contributed by atoms with E-state index in [9.17, 15) is 0 Å². The molecule has 2 rings (SSSR count). The van der Waals surface area contributed by atoms with Crippen molar-refractivity contribution in [3.63, 3.8) is 0 Å². The van der Waals surface area contributed by atoms with Crippen molar-refractivity contribution in [2.24, 2.45) is 0 Å². The number of hydrogen-bond acceptors (Lipinski definition) is 2. The minimum Gasteiger partial charge on any atom is -0.379 e. The maximum absolute atomic E-state index is 5.68. The Labute approximate surface area is 91.1 Å². The average molecular weight is 193 g/mol. The Morgan fingerprint density at radius 3 is 2.80 bits per heavy atom. The standard InChI is InChI=1S/C10H9B2N3/c11-9-2-1-7(3-10(9)12)14-5-8-4-13-6-15-8/h1-4,6,14H,5H2,(H,13,15). The molecule has 0 bridgehead atoms. The predicted octanol–water partition coefficient (Wildman–Crippen LogP) is -0.391. The summed E-state index contributed by atoms with van der Waals surface area (Å²) in [5.41, 5.74) is 3.15. The van der Waals surface area contributed by atoms with E-state index in [1.54, 1.807) is 18.6 Å². The zero-order valence-electron chi connectivity index (χ0n) is 8.20. The molecule has 1 aromatic carbocycles. The Balaban J connectivity index is 2.02. The number of hydrogen-bond donors (Lipinski definition) is 2. The summed E-state index contributed by atoms with van der Waals surface area (Å²) in [7, 11) is 11.3. The highest BCUT2D eigenvalue weighted by molar-refractivity contribution is 6.48. The third-order valence-corrected chi connectivity index (χ3v) is 2.12. The molecule has 15 heavy (non-hydrogen) atoms. The van der Waals surface area contributed by atoms with Gasteiger partial charge in [0.15, 0.2) is 0 Å². The third kappa shape index (κ3) is 2.43. The van der Waals surface area contributed by atoms with Crippen LogP contribution in [-0.2, 0) is 6.54 Å². The summed E-state index contributed by atoms with van der Waals surface area (Å²) in [4.78, 5) is 6.93. The summed E-state index contributed by atoms with van der Waals surface area (Å²) in [6.45, 7) is 0.684. The summed E-state index contributed by atoms with van der Waals surface area (Å²) < 4.78 is 0. The highest BCUT2D eigenvalue weighted by atomic mass is 14.9. The van der Waals surface area contributed by atoms with E-state index in [1.807, 2.05) is 12.1 Å². The van der Waals surface area contributed by atoms with Crippen LogP contribution in [0.2, 0.25) is 0 Å². The second kappa shape index (κ2) is 4.26. The summed E-state index contributed by atoms with van der Waals surface area (Å²) >= 11 is 0. The molecule has 3 nitrogen and oxygen atoms in total. The zero-order valence-corrected chi connectivity index (χ0v) is 8.20. The van der Waals surface area contributed by atoms with E-state index in [-0.39, 0.29) is 0 Å². The first-order valence-electron chi connectivity index (χ1n) is 4.62. The predicted molar refractivity (Wildman–Crippen MR) is 63.1 cm³/mol. The Hall–Kier alpha value is -1.64. The molecule has 5 heteroatoms. The fourth-order valence-electron chi connectivity index (χ4n) is 1.26. The molecule has 70 valence electrons. The second-order valence-electron chi connectivity index (χ2n) is 3.27. The van der Waals surface area contributed by atoms with E-state index >= 15 is 0 Å². The van der Waals surface area contributed by atoms with Crippen LogP contribution in [0.5, 0.6) is 0 Å². The van der Waals surface area contributed by atoms with Crippen molar-refractivity contribution in [2.75, 3.05) is 5.32 Å². The fraction of sp³-hybridized carbons (Fsp3) is 0.100. The Morgan fingerprint density at radius 1 is 1.27 bits per heavy atom. The molecule has 4 radical (unpaired) electrons. The molecular formula is C10H9B2N3. The lowest BCUT2D eigenvalue weighted by Crippen LogP contribution is -2.25. The van der Waals surface area contributed by atoms with Gasteiger partial charge >= 0.3 is 0 Å². The number of nitrogens with one attached hydrogen (secondary N) is 2. The number of aromatic nitrogens is 2. The summed E-state index contributed by atoms with van der Waals surface area (Å²) in [6, 6.07) is 5.48. The first kappa shape index (κ1) is 9.90. The van der Waals surface area contributed by atoms with Gasteiger partial charge in [0, 0.05) is 11.9 Å². The van der Waals surface area contributed by atoms with Crippen molar-refractivity contribution < 1.29 is 0 Å². The van der Waals surface area contributed by atoms with Gasteiger partial charge in [-0.05, 0) is 12.1 Å². The van der Waals surface area contributed by atoms with E-state index in [2.05, 4.69) is 15.3 Å².